The van der Waals surface area contributed by atoms with Gasteiger partial charge >= 0.3 is 23.9 Å². The number of rotatable bonds is 7. The van der Waals surface area contributed by atoms with Crippen molar-refractivity contribution in [3.05, 3.63) is 0 Å². The molecule has 0 aromatic rings. The van der Waals surface area contributed by atoms with Crippen LogP contribution < -0.4 is 0 Å². The van der Waals surface area contributed by atoms with Crippen molar-refractivity contribution in [2.45, 2.75) is 12.8 Å². The summed E-state index contributed by atoms with van der Waals surface area (Å²) in [4.78, 5) is 42.8. The summed E-state index contributed by atoms with van der Waals surface area (Å²) in [6.45, 7) is 0. The highest BCUT2D eigenvalue weighted by Gasteiger charge is 2.53. The molecule has 9 heteroatoms. The molecule has 2 atom stereocenters. The Bertz CT molecular complexity index is 436. The van der Waals surface area contributed by atoms with Crippen molar-refractivity contribution in [1.82, 2.24) is 0 Å². The Morgan fingerprint density at radius 2 is 1.56 bits per heavy atom. The molecule has 0 amide bonds. The molecule has 0 rings (SSSR count). The molecular formula is C9H9NO8. The lowest BCUT2D eigenvalue weighted by Gasteiger charge is -2.25. The Balaban J connectivity index is 5.70. The zero-order valence-corrected chi connectivity index (χ0v) is 8.86. The Labute approximate surface area is 99.9 Å². The third-order valence-corrected chi connectivity index (χ3v) is 2.28. The summed E-state index contributed by atoms with van der Waals surface area (Å²) in [5.41, 5.74) is -2.82. The molecule has 4 N–H and O–H groups in total. The number of nitrogens with zero attached hydrogens (tertiary/aromatic N) is 1. The standard InChI is InChI=1S/C9H9NO8/c10-3-9(8(17)18,2-6(13)14)4(7(15)16)1-5(11)12/h4H,1-2H2,(H,11,12)(H,13,14)(H,15,16)(H,17,18). The summed E-state index contributed by atoms with van der Waals surface area (Å²) in [5.74, 6) is -9.36. The highest BCUT2D eigenvalue weighted by Crippen LogP contribution is 2.34. The van der Waals surface area contributed by atoms with E-state index in [1.807, 2.05) is 0 Å². The quantitative estimate of drug-likeness (QED) is 0.457. The third kappa shape index (κ3) is 3.18. The fourth-order valence-electron chi connectivity index (χ4n) is 1.40. The number of hydrogen-bond donors (Lipinski definition) is 4. The molecule has 0 saturated carbocycles. The lowest BCUT2D eigenvalue weighted by Crippen LogP contribution is -2.44. The second kappa shape index (κ2) is 5.62. The van der Waals surface area contributed by atoms with Gasteiger partial charge in [0.25, 0.3) is 0 Å². The Morgan fingerprint density at radius 3 is 1.78 bits per heavy atom. The van der Waals surface area contributed by atoms with Crippen LogP contribution in [0.25, 0.3) is 0 Å². The van der Waals surface area contributed by atoms with Crippen molar-refractivity contribution in [3.63, 3.8) is 0 Å². The van der Waals surface area contributed by atoms with Crippen LogP contribution in [0.1, 0.15) is 12.8 Å². The van der Waals surface area contributed by atoms with Gasteiger partial charge in [-0.1, -0.05) is 0 Å². The average Bonchev–Trinajstić information content (AvgIpc) is 2.21. The van der Waals surface area contributed by atoms with Gasteiger partial charge in [-0.15, -0.1) is 0 Å². The predicted octanol–water partition coefficient (Wildman–Crippen LogP) is -0.769. The zero-order valence-electron chi connectivity index (χ0n) is 8.86. The highest BCUT2D eigenvalue weighted by molar-refractivity contribution is 5.91. The van der Waals surface area contributed by atoms with Crippen molar-refractivity contribution in [1.29, 1.82) is 5.26 Å². The van der Waals surface area contributed by atoms with E-state index >= 15 is 0 Å². The molecule has 2 unspecified atom stereocenters. The molecule has 98 valence electrons. The van der Waals surface area contributed by atoms with Crippen molar-refractivity contribution in [3.8, 4) is 6.07 Å². The first-order chi connectivity index (χ1) is 8.17. The van der Waals surface area contributed by atoms with E-state index in [4.69, 9.17) is 25.7 Å². The first kappa shape index (κ1) is 15.4. The summed E-state index contributed by atoms with van der Waals surface area (Å²) >= 11 is 0. The molecule has 0 aliphatic carbocycles. The van der Waals surface area contributed by atoms with Crippen LogP contribution in [0.2, 0.25) is 0 Å². The van der Waals surface area contributed by atoms with Crippen LogP contribution in [0, 0.1) is 22.7 Å². The molecule has 18 heavy (non-hydrogen) atoms. The van der Waals surface area contributed by atoms with Crippen LogP contribution in [0.15, 0.2) is 0 Å². The van der Waals surface area contributed by atoms with Crippen LogP contribution in [-0.2, 0) is 19.2 Å². The van der Waals surface area contributed by atoms with Gasteiger partial charge in [-0.2, -0.15) is 5.26 Å². The second-order valence-corrected chi connectivity index (χ2v) is 3.45. The Morgan fingerprint density at radius 1 is 1.06 bits per heavy atom. The summed E-state index contributed by atoms with van der Waals surface area (Å²) in [6, 6.07) is 1.11. The molecule has 0 radical (unpaired) electrons. The molecule has 0 bridgehead atoms. The summed E-state index contributed by atoms with van der Waals surface area (Å²) in [7, 11) is 0. The van der Waals surface area contributed by atoms with Gasteiger partial charge in [0.2, 0.25) is 0 Å². The molecule has 0 fully saturated rings. The number of carboxylic acids is 4. The van der Waals surface area contributed by atoms with Gasteiger partial charge in [0.05, 0.1) is 24.8 Å². The first-order valence-electron chi connectivity index (χ1n) is 4.48. The summed E-state index contributed by atoms with van der Waals surface area (Å²) in [5, 5.41) is 43.5. The smallest absolute Gasteiger partial charge is 0.325 e. The maximum absolute atomic E-state index is 11.0. The lowest BCUT2D eigenvalue weighted by atomic mass is 9.72. The number of carboxylic acid groups (broad SMARTS) is 4. The Kier molecular flexibility index (Phi) is 4.80. The fourth-order valence-corrected chi connectivity index (χ4v) is 1.40. The first-order valence-corrected chi connectivity index (χ1v) is 4.48. The highest BCUT2D eigenvalue weighted by atomic mass is 16.4. The topological polar surface area (TPSA) is 173 Å². The monoisotopic (exact) mass is 259 g/mol. The molecule has 0 spiro atoms. The van der Waals surface area contributed by atoms with E-state index in [-0.39, 0.29) is 0 Å². The van der Waals surface area contributed by atoms with Gasteiger partial charge in [0, 0.05) is 0 Å². The van der Waals surface area contributed by atoms with Gasteiger partial charge < -0.3 is 20.4 Å². The van der Waals surface area contributed by atoms with Crippen molar-refractivity contribution >= 4 is 23.9 Å². The van der Waals surface area contributed by atoms with E-state index in [0.29, 0.717) is 0 Å². The largest absolute Gasteiger partial charge is 0.481 e. The Hall–Kier alpha value is -2.63. The van der Waals surface area contributed by atoms with Crippen LogP contribution in [-0.4, -0.2) is 44.3 Å². The van der Waals surface area contributed by atoms with Crippen LogP contribution in [0.3, 0.4) is 0 Å². The maximum Gasteiger partial charge on any atom is 0.325 e. The van der Waals surface area contributed by atoms with Crippen molar-refractivity contribution < 1.29 is 39.6 Å². The van der Waals surface area contributed by atoms with E-state index in [1.165, 1.54) is 0 Å². The van der Waals surface area contributed by atoms with Gasteiger partial charge in [0.15, 0.2) is 5.41 Å². The normalized spacial score (nSPS) is 14.8. The number of aliphatic carboxylic acids is 4. The van der Waals surface area contributed by atoms with E-state index in [2.05, 4.69) is 0 Å². The van der Waals surface area contributed by atoms with Crippen LogP contribution >= 0.6 is 0 Å². The maximum atomic E-state index is 11.0. The van der Waals surface area contributed by atoms with Gasteiger partial charge in [-0.3, -0.25) is 19.2 Å². The van der Waals surface area contributed by atoms with Crippen molar-refractivity contribution in [2.75, 3.05) is 0 Å². The van der Waals surface area contributed by atoms with E-state index in [9.17, 15) is 19.2 Å². The van der Waals surface area contributed by atoms with Crippen LogP contribution in [0.4, 0.5) is 0 Å². The minimum atomic E-state index is -2.82. The van der Waals surface area contributed by atoms with E-state index in [0.717, 1.165) is 6.07 Å². The predicted molar refractivity (Wildman–Crippen MR) is 51.3 cm³/mol. The number of carbonyl (C=O) groups is 4. The molecule has 0 saturated heterocycles. The lowest BCUT2D eigenvalue weighted by molar-refractivity contribution is -0.165. The SMILES string of the molecule is N#CC(CC(=O)O)(C(=O)O)C(CC(=O)O)C(=O)O. The molecule has 0 heterocycles. The molecule has 0 aromatic carbocycles. The van der Waals surface area contributed by atoms with Crippen LogP contribution in [0.5, 0.6) is 0 Å². The molecule has 9 nitrogen and oxygen atoms in total. The number of hydrogen-bond acceptors (Lipinski definition) is 5. The second-order valence-electron chi connectivity index (χ2n) is 3.45. The molecule has 0 aromatic heterocycles. The minimum absolute atomic E-state index is 1.11. The fraction of sp³-hybridized carbons (Fsp3) is 0.444. The minimum Gasteiger partial charge on any atom is -0.481 e. The van der Waals surface area contributed by atoms with Gasteiger partial charge in [-0.05, 0) is 0 Å². The van der Waals surface area contributed by atoms with E-state index < -0.39 is 48.1 Å². The third-order valence-electron chi connectivity index (χ3n) is 2.28. The molecular weight excluding hydrogens is 250 g/mol. The van der Waals surface area contributed by atoms with E-state index in [1.54, 1.807) is 0 Å². The van der Waals surface area contributed by atoms with Gasteiger partial charge in [-0.25, -0.2) is 0 Å². The molecule has 0 aliphatic rings. The van der Waals surface area contributed by atoms with Crippen molar-refractivity contribution in [2.24, 2.45) is 11.3 Å². The summed E-state index contributed by atoms with van der Waals surface area (Å²) < 4.78 is 0. The van der Waals surface area contributed by atoms with Gasteiger partial charge in [0.1, 0.15) is 0 Å². The average molecular weight is 259 g/mol. The zero-order chi connectivity index (χ0) is 14.5. The number of nitriles is 1. The molecule has 0 aliphatic heterocycles. The summed E-state index contributed by atoms with van der Waals surface area (Å²) in [6.07, 6.45) is -2.47.